The van der Waals surface area contributed by atoms with Crippen LogP contribution in [0.5, 0.6) is 11.5 Å². The first kappa shape index (κ1) is 20.8. The Labute approximate surface area is 181 Å². The minimum atomic E-state index is 0.598. The standard InChI is InChI=1S/C23H25N5O3/c1-29-21-13-19-20(14-22(21)31-10-2-7-28-8-11-30-12-9-28)25-16-26-23(19)27-18-5-3-17(15-24)4-6-18/h3-6,13-14,16H,2,7-12H2,1H3,(H,25,26,27). The van der Waals surface area contributed by atoms with Crippen molar-refractivity contribution < 1.29 is 14.2 Å². The van der Waals surface area contributed by atoms with E-state index in [0.717, 1.165) is 55.9 Å². The molecule has 1 aliphatic rings. The average Bonchev–Trinajstić information content (AvgIpc) is 2.82. The van der Waals surface area contributed by atoms with Gasteiger partial charge in [0.1, 0.15) is 12.1 Å². The summed E-state index contributed by atoms with van der Waals surface area (Å²) in [6, 6.07) is 13.1. The molecule has 1 N–H and O–H groups in total. The number of rotatable bonds is 8. The van der Waals surface area contributed by atoms with E-state index >= 15 is 0 Å². The Balaban J connectivity index is 1.47. The van der Waals surface area contributed by atoms with Crippen molar-refractivity contribution >= 4 is 22.4 Å². The summed E-state index contributed by atoms with van der Waals surface area (Å²) in [5, 5.41) is 13.1. The smallest absolute Gasteiger partial charge is 0.163 e. The second-order valence-electron chi connectivity index (χ2n) is 7.21. The molecule has 2 heterocycles. The predicted octanol–water partition coefficient (Wildman–Crippen LogP) is 3.35. The molecule has 1 aromatic heterocycles. The first-order valence-corrected chi connectivity index (χ1v) is 10.3. The van der Waals surface area contributed by atoms with Gasteiger partial charge < -0.3 is 19.5 Å². The summed E-state index contributed by atoms with van der Waals surface area (Å²) in [5.41, 5.74) is 2.20. The lowest BCUT2D eigenvalue weighted by molar-refractivity contribution is 0.0357. The second kappa shape index (κ2) is 10.1. The van der Waals surface area contributed by atoms with Crippen LogP contribution in [0.2, 0.25) is 0 Å². The molecular weight excluding hydrogens is 394 g/mol. The molecule has 0 bridgehead atoms. The zero-order chi connectivity index (χ0) is 21.5. The Bertz CT molecular complexity index is 1060. The fourth-order valence-corrected chi connectivity index (χ4v) is 3.50. The first-order chi connectivity index (χ1) is 15.3. The maximum absolute atomic E-state index is 8.96. The lowest BCUT2D eigenvalue weighted by Gasteiger charge is -2.26. The van der Waals surface area contributed by atoms with E-state index in [0.29, 0.717) is 29.5 Å². The summed E-state index contributed by atoms with van der Waals surface area (Å²) >= 11 is 0. The molecule has 8 nitrogen and oxygen atoms in total. The van der Waals surface area contributed by atoms with Crippen molar-refractivity contribution in [1.82, 2.24) is 14.9 Å². The van der Waals surface area contributed by atoms with Crippen molar-refractivity contribution in [2.75, 3.05) is 51.9 Å². The Kier molecular flexibility index (Phi) is 6.77. The van der Waals surface area contributed by atoms with E-state index in [1.807, 2.05) is 24.3 Å². The summed E-state index contributed by atoms with van der Waals surface area (Å²) < 4.78 is 17.0. The van der Waals surface area contributed by atoms with Gasteiger partial charge >= 0.3 is 0 Å². The van der Waals surface area contributed by atoms with Crippen molar-refractivity contribution in [2.24, 2.45) is 0 Å². The fourth-order valence-electron chi connectivity index (χ4n) is 3.50. The van der Waals surface area contributed by atoms with E-state index in [1.54, 1.807) is 19.2 Å². The van der Waals surface area contributed by atoms with Gasteiger partial charge in [0, 0.05) is 36.8 Å². The van der Waals surface area contributed by atoms with Gasteiger partial charge in [-0.05, 0) is 36.8 Å². The van der Waals surface area contributed by atoms with Gasteiger partial charge in [0.25, 0.3) is 0 Å². The van der Waals surface area contributed by atoms with E-state index in [2.05, 4.69) is 26.3 Å². The number of nitriles is 1. The third-order valence-corrected chi connectivity index (χ3v) is 5.18. The largest absolute Gasteiger partial charge is 0.493 e. The number of aromatic nitrogens is 2. The molecule has 1 aliphatic heterocycles. The van der Waals surface area contributed by atoms with Gasteiger partial charge in [-0.1, -0.05) is 0 Å². The van der Waals surface area contributed by atoms with E-state index in [-0.39, 0.29) is 0 Å². The number of hydrogen-bond acceptors (Lipinski definition) is 8. The molecule has 0 atom stereocenters. The van der Waals surface area contributed by atoms with Crippen LogP contribution in [0.15, 0.2) is 42.7 Å². The van der Waals surface area contributed by atoms with Crippen molar-refractivity contribution in [3.8, 4) is 17.6 Å². The number of nitrogens with zero attached hydrogens (tertiary/aromatic N) is 4. The summed E-state index contributed by atoms with van der Waals surface area (Å²) in [6.07, 6.45) is 2.44. The molecule has 1 saturated heterocycles. The molecule has 1 fully saturated rings. The van der Waals surface area contributed by atoms with Gasteiger partial charge in [-0.3, -0.25) is 4.90 Å². The summed E-state index contributed by atoms with van der Waals surface area (Å²) in [5.74, 6) is 1.96. The van der Waals surface area contributed by atoms with E-state index in [4.69, 9.17) is 19.5 Å². The molecule has 0 amide bonds. The van der Waals surface area contributed by atoms with Crippen LogP contribution in [0.3, 0.4) is 0 Å². The van der Waals surface area contributed by atoms with Gasteiger partial charge in [0.15, 0.2) is 11.5 Å². The topological polar surface area (TPSA) is 92.5 Å². The zero-order valence-corrected chi connectivity index (χ0v) is 17.5. The molecule has 8 heteroatoms. The number of fused-ring (bicyclic) bond motifs is 1. The fraction of sp³-hybridized carbons (Fsp3) is 0.348. The molecule has 0 aliphatic carbocycles. The van der Waals surface area contributed by atoms with Crippen LogP contribution in [-0.2, 0) is 4.74 Å². The van der Waals surface area contributed by atoms with Crippen molar-refractivity contribution in [2.45, 2.75) is 6.42 Å². The molecule has 3 aromatic rings. The molecule has 31 heavy (non-hydrogen) atoms. The number of hydrogen-bond donors (Lipinski definition) is 1. The first-order valence-electron chi connectivity index (χ1n) is 10.3. The molecule has 4 rings (SSSR count). The van der Waals surface area contributed by atoms with Crippen molar-refractivity contribution in [3.63, 3.8) is 0 Å². The lowest BCUT2D eigenvalue weighted by atomic mass is 10.2. The van der Waals surface area contributed by atoms with E-state index in [9.17, 15) is 0 Å². The Morgan fingerprint density at radius 3 is 2.68 bits per heavy atom. The third-order valence-electron chi connectivity index (χ3n) is 5.18. The van der Waals surface area contributed by atoms with Gasteiger partial charge in [-0.15, -0.1) is 0 Å². The predicted molar refractivity (Wildman–Crippen MR) is 118 cm³/mol. The van der Waals surface area contributed by atoms with Crippen LogP contribution < -0.4 is 14.8 Å². The Morgan fingerprint density at radius 1 is 1.13 bits per heavy atom. The maximum atomic E-state index is 8.96. The molecule has 160 valence electrons. The molecule has 2 aromatic carbocycles. The highest BCUT2D eigenvalue weighted by Gasteiger charge is 2.13. The number of ether oxygens (including phenoxy) is 3. The van der Waals surface area contributed by atoms with Gasteiger partial charge in [-0.2, -0.15) is 5.26 Å². The SMILES string of the molecule is COc1cc2c(Nc3ccc(C#N)cc3)ncnc2cc1OCCCN1CCOCC1. The van der Waals surface area contributed by atoms with E-state index in [1.165, 1.54) is 6.33 Å². The molecule has 0 radical (unpaired) electrons. The second-order valence-corrected chi connectivity index (χ2v) is 7.21. The monoisotopic (exact) mass is 419 g/mol. The normalized spacial score (nSPS) is 14.2. The number of nitrogens with one attached hydrogen (secondary N) is 1. The lowest BCUT2D eigenvalue weighted by Crippen LogP contribution is -2.37. The highest BCUT2D eigenvalue weighted by Crippen LogP contribution is 2.34. The number of morpholine rings is 1. The quantitative estimate of drug-likeness (QED) is 0.556. The van der Waals surface area contributed by atoms with Crippen LogP contribution >= 0.6 is 0 Å². The highest BCUT2D eigenvalue weighted by molar-refractivity contribution is 5.93. The average molecular weight is 419 g/mol. The maximum Gasteiger partial charge on any atom is 0.163 e. The van der Waals surface area contributed by atoms with Gasteiger partial charge in [0.05, 0.1) is 44.1 Å². The van der Waals surface area contributed by atoms with Crippen LogP contribution in [-0.4, -0.2) is 61.4 Å². The highest BCUT2D eigenvalue weighted by atomic mass is 16.5. The molecule has 0 unspecified atom stereocenters. The molecular formula is C23H25N5O3. The molecule has 0 saturated carbocycles. The van der Waals surface area contributed by atoms with Crippen LogP contribution in [0.25, 0.3) is 10.9 Å². The van der Waals surface area contributed by atoms with Gasteiger partial charge in [0.2, 0.25) is 0 Å². The van der Waals surface area contributed by atoms with Crippen molar-refractivity contribution in [3.05, 3.63) is 48.3 Å². The summed E-state index contributed by atoms with van der Waals surface area (Å²) in [7, 11) is 1.62. The van der Waals surface area contributed by atoms with Crippen LogP contribution in [0.4, 0.5) is 11.5 Å². The number of anilines is 2. The van der Waals surface area contributed by atoms with E-state index < -0.39 is 0 Å². The Hall–Kier alpha value is -3.41. The van der Waals surface area contributed by atoms with Gasteiger partial charge in [-0.25, -0.2) is 9.97 Å². The Morgan fingerprint density at radius 2 is 1.94 bits per heavy atom. The minimum absolute atomic E-state index is 0.598. The molecule has 0 spiro atoms. The van der Waals surface area contributed by atoms with Crippen molar-refractivity contribution in [1.29, 1.82) is 5.26 Å². The third kappa shape index (κ3) is 5.20. The number of benzene rings is 2. The minimum Gasteiger partial charge on any atom is -0.493 e. The summed E-state index contributed by atoms with van der Waals surface area (Å²) in [6.45, 7) is 5.15. The summed E-state index contributed by atoms with van der Waals surface area (Å²) in [4.78, 5) is 11.2. The zero-order valence-electron chi connectivity index (χ0n) is 17.5. The van der Waals surface area contributed by atoms with Crippen LogP contribution in [0.1, 0.15) is 12.0 Å². The number of methoxy groups -OCH3 is 1. The van der Waals surface area contributed by atoms with Crippen LogP contribution in [0, 0.1) is 11.3 Å².